The summed E-state index contributed by atoms with van der Waals surface area (Å²) in [7, 11) is 0. The molecule has 1 aliphatic heterocycles. The number of piperazine rings is 1. The third kappa shape index (κ3) is 6.70. The molecule has 5 rings (SSSR count). The van der Waals surface area contributed by atoms with Crippen LogP contribution in [0.25, 0.3) is 10.9 Å². The molecular weight excluding hydrogens is 521 g/mol. The SMILES string of the molecule is Cc1ccc2c(N3CCN(CCc4cccc(N(C(N)=S)c5ccccc5)c4)CC3)cccc2n1.Cl.Cl. The van der Waals surface area contributed by atoms with E-state index in [9.17, 15) is 0 Å². The van der Waals surface area contributed by atoms with Crippen molar-refractivity contribution in [3.8, 4) is 0 Å². The van der Waals surface area contributed by atoms with Crippen molar-refractivity contribution in [1.29, 1.82) is 0 Å². The van der Waals surface area contributed by atoms with Crippen molar-refractivity contribution in [2.45, 2.75) is 13.3 Å². The molecule has 1 aromatic heterocycles. The van der Waals surface area contributed by atoms with E-state index in [1.165, 1.54) is 16.6 Å². The van der Waals surface area contributed by atoms with Gasteiger partial charge >= 0.3 is 0 Å². The Morgan fingerprint density at radius 2 is 1.57 bits per heavy atom. The lowest BCUT2D eigenvalue weighted by Gasteiger charge is -2.36. The molecule has 0 radical (unpaired) electrons. The number of anilines is 3. The van der Waals surface area contributed by atoms with Crippen molar-refractivity contribution in [3.63, 3.8) is 0 Å². The highest BCUT2D eigenvalue weighted by molar-refractivity contribution is 7.80. The molecule has 0 saturated carbocycles. The van der Waals surface area contributed by atoms with Gasteiger partial charge in [0.1, 0.15) is 0 Å². The van der Waals surface area contributed by atoms with Crippen LogP contribution in [0, 0.1) is 6.92 Å². The zero-order valence-electron chi connectivity index (χ0n) is 20.9. The molecule has 4 aromatic rings. The molecular formula is C29H33Cl2N5S. The van der Waals surface area contributed by atoms with E-state index in [1.54, 1.807) is 0 Å². The number of thiocarbonyl (C=S) groups is 1. The van der Waals surface area contributed by atoms with Gasteiger partial charge in [0.2, 0.25) is 0 Å². The second-order valence-electron chi connectivity index (χ2n) is 9.05. The van der Waals surface area contributed by atoms with Crippen molar-refractivity contribution >= 4 is 70.1 Å². The minimum absolute atomic E-state index is 0. The summed E-state index contributed by atoms with van der Waals surface area (Å²) < 4.78 is 0. The normalized spacial score (nSPS) is 13.5. The average Bonchev–Trinajstić information content (AvgIpc) is 2.88. The Balaban J connectivity index is 0.00000190. The van der Waals surface area contributed by atoms with Gasteiger partial charge in [0.15, 0.2) is 5.11 Å². The number of aryl methyl sites for hydroxylation is 1. The fourth-order valence-electron chi connectivity index (χ4n) is 4.85. The largest absolute Gasteiger partial charge is 0.376 e. The van der Waals surface area contributed by atoms with E-state index in [1.807, 2.05) is 42.2 Å². The van der Waals surface area contributed by atoms with Gasteiger partial charge in [0.25, 0.3) is 0 Å². The summed E-state index contributed by atoms with van der Waals surface area (Å²) in [5, 5.41) is 1.59. The Labute approximate surface area is 237 Å². The minimum Gasteiger partial charge on any atom is -0.376 e. The van der Waals surface area contributed by atoms with Crippen LogP contribution in [0.1, 0.15) is 11.3 Å². The molecule has 1 fully saturated rings. The molecule has 3 aromatic carbocycles. The van der Waals surface area contributed by atoms with Gasteiger partial charge in [0, 0.05) is 60.9 Å². The number of aromatic nitrogens is 1. The van der Waals surface area contributed by atoms with Crippen LogP contribution in [-0.2, 0) is 6.42 Å². The number of nitrogens with zero attached hydrogens (tertiary/aromatic N) is 4. The molecule has 2 N–H and O–H groups in total. The van der Waals surface area contributed by atoms with Crippen molar-refractivity contribution in [2.24, 2.45) is 5.73 Å². The van der Waals surface area contributed by atoms with Gasteiger partial charge in [-0.15, -0.1) is 24.8 Å². The maximum absolute atomic E-state index is 6.09. The minimum atomic E-state index is 0. The van der Waals surface area contributed by atoms with Crippen molar-refractivity contribution in [1.82, 2.24) is 9.88 Å². The van der Waals surface area contributed by atoms with E-state index >= 15 is 0 Å². The Morgan fingerprint density at radius 3 is 2.30 bits per heavy atom. The van der Waals surface area contributed by atoms with Gasteiger partial charge in [-0.2, -0.15) is 0 Å². The highest BCUT2D eigenvalue weighted by atomic mass is 35.5. The molecule has 0 amide bonds. The first-order valence-corrected chi connectivity index (χ1v) is 12.6. The average molecular weight is 555 g/mol. The first kappa shape index (κ1) is 28.7. The molecule has 0 aliphatic carbocycles. The fourth-order valence-corrected chi connectivity index (χ4v) is 5.06. The second kappa shape index (κ2) is 13.1. The zero-order valence-corrected chi connectivity index (χ0v) is 23.4. The van der Waals surface area contributed by atoms with Gasteiger partial charge in [-0.25, -0.2) is 0 Å². The van der Waals surface area contributed by atoms with Crippen LogP contribution in [0.15, 0.2) is 84.9 Å². The molecule has 37 heavy (non-hydrogen) atoms. The molecule has 0 spiro atoms. The van der Waals surface area contributed by atoms with E-state index in [0.29, 0.717) is 5.11 Å². The summed E-state index contributed by atoms with van der Waals surface area (Å²) in [5.74, 6) is 0. The van der Waals surface area contributed by atoms with Gasteiger partial charge in [-0.05, 0) is 79.7 Å². The third-order valence-electron chi connectivity index (χ3n) is 6.68. The summed E-state index contributed by atoms with van der Waals surface area (Å²) in [6.45, 7) is 7.24. The number of para-hydroxylation sites is 1. The van der Waals surface area contributed by atoms with Crippen LogP contribution in [0.5, 0.6) is 0 Å². The summed E-state index contributed by atoms with van der Waals surface area (Å²) in [6.07, 6.45) is 0.991. The van der Waals surface area contributed by atoms with Gasteiger partial charge < -0.3 is 10.6 Å². The molecule has 0 atom stereocenters. The number of halogens is 2. The van der Waals surface area contributed by atoms with Crippen molar-refractivity contribution < 1.29 is 0 Å². The monoisotopic (exact) mass is 553 g/mol. The van der Waals surface area contributed by atoms with Crippen LogP contribution in [0.3, 0.4) is 0 Å². The van der Waals surface area contributed by atoms with E-state index in [-0.39, 0.29) is 24.8 Å². The van der Waals surface area contributed by atoms with E-state index in [0.717, 1.165) is 61.7 Å². The number of nitrogens with two attached hydrogens (primary N) is 1. The molecule has 1 saturated heterocycles. The molecule has 8 heteroatoms. The maximum atomic E-state index is 6.09. The number of hydrogen-bond acceptors (Lipinski definition) is 4. The Morgan fingerprint density at radius 1 is 0.865 bits per heavy atom. The van der Waals surface area contributed by atoms with Crippen LogP contribution in [-0.4, -0.2) is 47.7 Å². The Hall–Kier alpha value is -2.90. The zero-order chi connectivity index (χ0) is 24.2. The van der Waals surface area contributed by atoms with Crippen molar-refractivity contribution in [2.75, 3.05) is 42.5 Å². The summed E-state index contributed by atoms with van der Waals surface area (Å²) in [4.78, 5) is 11.7. The van der Waals surface area contributed by atoms with E-state index in [4.69, 9.17) is 22.9 Å². The van der Waals surface area contributed by atoms with Gasteiger partial charge in [-0.1, -0.05) is 36.4 Å². The highest BCUT2D eigenvalue weighted by Gasteiger charge is 2.19. The number of benzene rings is 3. The van der Waals surface area contributed by atoms with Gasteiger partial charge in [0.05, 0.1) is 5.52 Å². The molecule has 2 heterocycles. The van der Waals surface area contributed by atoms with E-state index in [2.05, 4.69) is 64.4 Å². The number of fused-ring (bicyclic) bond motifs is 1. The van der Waals surface area contributed by atoms with Crippen LogP contribution < -0.4 is 15.5 Å². The van der Waals surface area contributed by atoms with E-state index < -0.39 is 0 Å². The van der Waals surface area contributed by atoms with Crippen LogP contribution in [0.2, 0.25) is 0 Å². The highest BCUT2D eigenvalue weighted by Crippen LogP contribution is 2.28. The standard InChI is InChI=1S/C29H31N5S.2ClH/c1-22-13-14-26-27(31-22)11-6-12-28(26)33-19-17-32(18-20-33)16-15-23-7-5-10-25(21-23)34(29(30)35)24-8-3-2-4-9-24;;/h2-14,21H,15-20H2,1H3,(H2,30,35);2*1H. The van der Waals surface area contributed by atoms with Crippen LogP contribution >= 0.6 is 37.0 Å². The predicted octanol–water partition coefficient (Wildman–Crippen LogP) is 6.13. The lowest BCUT2D eigenvalue weighted by Crippen LogP contribution is -2.47. The van der Waals surface area contributed by atoms with Gasteiger partial charge in [-0.3, -0.25) is 14.8 Å². The Bertz CT molecular complexity index is 1330. The number of hydrogen-bond donors (Lipinski definition) is 1. The fraction of sp³-hybridized carbons (Fsp3) is 0.241. The third-order valence-corrected chi connectivity index (χ3v) is 6.86. The lowest BCUT2D eigenvalue weighted by molar-refractivity contribution is 0.261. The topological polar surface area (TPSA) is 48.6 Å². The summed E-state index contributed by atoms with van der Waals surface area (Å²) in [5.41, 5.74) is 12.8. The lowest BCUT2D eigenvalue weighted by atomic mass is 10.1. The number of rotatable bonds is 6. The van der Waals surface area contributed by atoms with Crippen LogP contribution in [0.4, 0.5) is 17.1 Å². The first-order chi connectivity index (χ1) is 17.1. The Kier molecular flexibility index (Phi) is 10.1. The smallest absolute Gasteiger partial charge is 0.175 e. The first-order valence-electron chi connectivity index (χ1n) is 12.2. The van der Waals surface area contributed by atoms with Crippen molar-refractivity contribution in [3.05, 3.63) is 96.2 Å². The number of pyridine rings is 1. The maximum Gasteiger partial charge on any atom is 0.175 e. The summed E-state index contributed by atoms with van der Waals surface area (Å²) >= 11 is 5.37. The molecule has 1 aliphatic rings. The molecule has 0 bridgehead atoms. The molecule has 194 valence electrons. The molecule has 5 nitrogen and oxygen atoms in total. The second-order valence-corrected chi connectivity index (χ2v) is 9.47. The predicted molar refractivity (Wildman–Crippen MR) is 165 cm³/mol. The quantitative estimate of drug-likeness (QED) is 0.289. The molecule has 0 unspecified atom stereocenters. The summed E-state index contributed by atoms with van der Waals surface area (Å²) in [6, 6.07) is 29.3.